The number of piperidine rings is 1. The van der Waals surface area contributed by atoms with Gasteiger partial charge in [0.2, 0.25) is 0 Å². The normalized spacial score (nSPS) is 19.6. The van der Waals surface area contributed by atoms with E-state index in [2.05, 4.69) is 56.0 Å². The molecule has 0 bridgehead atoms. The summed E-state index contributed by atoms with van der Waals surface area (Å²) in [6.07, 6.45) is 9.69. The van der Waals surface area contributed by atoms with Crippen LogP contribution in [0.25, 0.3) is 5.52 Å². The second-order valence-corrected chi connectivity index (χ2v) is 9.01. The molecule has 0 saturated carbocycles. The SMILES string of the molecule is CCc1cn2cccc2c(N2CCC(NC(=O)c3csc(N4CCCCC4)n3)C2)n1. The van der Waals surface area contributed by atoms with Gasteiger partial charge in [-0.15, -0.1) is 11.3 Å². The van der Waals surface area contributed by atoms with Crippen LogP contribution in [-0.2, 0) is 6.42 Å². The molecule has 5 rings (SSSR count). The van der Waals surface area contributed by atoms with Crippen LogP contribution in [0, 0.1) is 0 Å². The van der Waals surface area contributed by atoms with E-state index in [0.717, 1.165) is 61.2 Å². The van der Waals surface area contributed by atoms with Crippen molar-refractivity contribution in [3.63, 3.8) is 0 Å². The van der Waals surface area contributed by atoms with E-state index < -0.39 is 0 Å². The summed E-state index contributed by atoms with van der Waals surface area (Å²) in [7, 11) is 0. The van der Waals surface area contributed by atoms with Gasteiger partial charge in [-0.1, -0.05) is 6.92 Å². The van der Waals surface area contributed by atoms with Gasteiger partial charge in [0.15, 0.2) is 10.9 Å². The molecule has 2 fully saturated rings. The summed E-state index contributed by atoms with van der Waals surface area (Å²) in [6, 6.07) is 4.27. The van der Waals surface area contributed by atoms with Gasteiger partial charge in [-0.25, -0.2) is 9.97 Å². The summed E-state index contributed by atoms with van der Waals surface area (Å²) in [6.45, 7) is 5.88. The highest BCUT2D eigenvalue weighted by Gasteiger charge is 2.27. The zero-order valence-corrected chi connectivity index (χ0v) is 18.2. The quantitative estimate of drug-likeness (QED) is 0.680. The Balaban J connectivity index is 1.25. The van der Waals surface area contributed by atoms with E-state index >= 15 is 0 Å². The molecule has 7 nitrogen and oxygen atoms in total. The number of hydrogen-bond acceptors (Lipinski definition) is 6. The minimum Gasteiger partial charge on any atom is -0.353 e. The average Bonchev–Trinajstić information content (AvgIpc) is 3.53. The van der Waals surface area contributed by atoms with Gasteiger partial charge in [-0.05, 0) is 44.2 Å². The van der Waals surface area contributed by atoms with E-state index in [1.807, 2.05) is 5.38 Å². The van der Waals surface area contributed by atoms with Gasteiger partial charge < -0.3 is 19.5 Å². The van der Waals surface area contributed by atoms with Crippen molar-refractivity contribution in [2.24, 2.45) is 0 Å². The Kier molecular flexibility index (Phi) is 5.33. The smallest absolute Gasteiger partial charge is 0.271 e. The first-order valence-electron chi connectivity index (χ1n) is 10.9. The number of fused-ring (bicyclic) bond motifs is 1. The van der Waals surface area contributed by atoms with Crippen LogP contribution in [0.5, 0.6) is 0 Å². The van der Waals surface area contributed by atoms with Gasteiger partial charge in [0.05, 0.1) is 11.2 Å². The molecule has 5 heterocycles. The number of amides is 1. The molecule has 2 aliphatic rings. The van der Waals surface area contributed by atoms with E-state index in [1.165, 1.54) is 19.3 Å². The Hall–Kier alpha value is -2.61. The molecule has 0 radical (unpaired) electrons. The summed E-state index contributed by atoms with van der Waals surface area (Å²) in [4.78, 5) is 26.9. The van der Waals surface area contributed by atoms with Crippen molar-refractivity contribution in [2.45, 2.75) is 45.1 Å². The predicted molar refractivity (Wildman–Crippen MR) is 121 cm³/mol. The molecule has 1 amide bonds. The predicted octanol–water partition coefficient (Wildman–Crippen LogP) is 3.35. The van der Waals surface area contributed by atoms with Crippen LogP contribution in [0.2, 0.25) is 0 Å². The summed E-state index contributed by atoms with van der Waals surface area (Å²) >= 11 is 1.58. The van der Waals surface area contributed by atoms with Gasteiger partial charge in [0.1, 0.15) is 5.69 Å². The third-order valence-electron chi connectivity index (χ3n) is 6.08. The molecule has 2 aliphatic heterocycles. The van der Waals surface area contributed by atoms with Crippen molar-refractivity contribution in [3.8, 4) is 0 Å². The van der Waals surface area contributed by atoms with E-state index in [4.69, 9.17) is 4.98 Å². The number of aromatic nitrogens is 3. The molecular formula is C22H28N6OS. The van der Waals surface area contributed by atoms with Crippen molar-refractivity contribution in [3.05, 3.63) is 41.3 Å². The van der Waals surface area contributed by atoms with Crippen LogP contribution in [0.15, 0.2) is 29.9 Å². The fraction of sp³-hybridized carbons (Fsp3) is 0.500. The number of carbonyl (C=O) groups excluding carboxylic acids is 1. The Morgan fingerprint density at radius 3 is 2.90 bits per heavy atom. The second kappa shape index (κ2) is 8.26. The largest absolute Gasteiger partial charge is 0.353 e. The highest BCUT2D eigenvalue weighted by Crippen LogP contribution is 2.26. The third-order valence-corrected chi connectivity index (χ3v) is 6.98. The zero-order valence-electron chi connectivity index (χ0n) is 17.4. The van der Waals surface area contributed by atoms with E-state index in [1.54, 1.807) is 11.3 Å². The topological polar surface area (TPSA) is 65.8 Å². The highest BCUT2D eigenvalue weighted by atomic mass is 32.1. The molecule has 3 aromatic heterocycles. The molecule has 0 spiro atoms. The number of hydrogen-bond donors (Lipinski definition) is 1. The first-order valence-corrected chi connectivity index (χ1v) is 11.8. The fourth-order valence-electron chi connectivity index (χ4n) is 4.41. The number of thiazole rings is 1. The Labute approximate surface area is 180 Å². The summed E-state index contributed by atoms with van der Waals surface area (Å²) in [5, 5.41) is 6.06. The minimum absolute atomic E-state index is 0.0653. The van der Waals surface area contributed by atoms with Gasteiger partial charge in [-0.2, -0.15) is 0 Å². The molecule has 3 aromatic rings. The van der Waals surface area contributed by atoms with Crippen LogP contribution < -0.4 is 15.1 Å². The fourth-order valence-corrected chi connectivity index (χ4v) is 5.27. The van der Waals surface area contributed by atoms with Gasteiger partial charge in [-0.3, -0.25) is 4.79 Å². The Morgan fingerprint density at radius 2 is 2.07 bits per heavy atom. The summed E-state index contributed by atoms with van der Waals surface area (Å²) < 4.78 is 2.14. The Morgan fingerprint density at radius 1 is 1.20 bits per heavy atom. The lowest BCUT2D eigenvalue weighted by Crippen LogP contribution is -2.37. The molecule has 0 aliphatic carbocycles. The van der Waals surface area contributed by atoms with Crippen LogP contribution in [-0.4, -0.2) is 52.5 Å². The van der Waals surface area contributed by atoms with Gasteiger partial charge >= 0.3 is 0 Å². The molecule has 158 valence electrons. The van der Waals surface area contributed by atoms with Gasteiger partial charge in [0, 0.05) is 50.0 Å². The monoisotopic (exact) mass is 424 g/mol. The number of anilines is 2. The standard InChI is InChI=1S/C22H28N6OS/c1-2-16-13-27-11-6-7-19(27)20(23-16)28-12-8-17(14-28)24-21(29)18-15-30-22(25-18)26-9-4-3-5-10-26/h6-7,11,13,15,17H,2-5,8-10,12,14H2,1H3,(H,24,29). The number of aryl methyl sites for hydroxylation is 1. The van der Waals surface area contributed by atoms with Crippen LogP contribution >= 0.6 is 11.3 Å². The number of nitrogens with one attached hydrogen (secondary N) is 1. The number of rotatable bonds is 5. The molecule has 1 N–H and O–H groups in total. The number of carbonyl (C=O) groups is 1. The molecule has 1 unspecified atom stereocenters. The molecule has 30 heavy (non-hydrogen) atoms. The van der Waals surface area contributed by atoms with E-state index in [0.29, 0.717) is 5.69 Å². The number of nitrogens with zero attached hydrogens (tertiary/aromatic N) is 5. The van der Waals surface area contributed by atoms with E-state index in [9.17, 15) is 4.79 Å². The molecule has 2 saturated heterocycles. The van der Waals surface area contributed by atoms with Crippen LogP contribution in [0.3, 0.4) is 0 Å². The van der Waals surface area contributed by atoms with Crippen LogP contribution in [0.1, 0.15) is 48.8 Å². The lowest BCUT2D eigenvalue weighted by molar-refractivity contribution is 0.0936. The minimum atomic E-state index is -0.0653. The van der Waals surface area contributed by atoms with Gasteiger partial charge in [0.25, 0.3) is 5.91 Å². The van der Waals surface area contributed by atoms with Crippen molar-refractivity contribution >= 4 is 33.7 Å². The molecule has 8 heteroatoms. The maximum Gasteiger partial charge on any atom is 0.271 e. The summed E-state index contributed by atoms with van der Waals surface area (Å²) in [5.41, 5.74) is 2.73. The van der Waals surface area contributed by atoms with E-state index in [-0.39, 0.29) is 11.9 Å². The van der Waals surface area contributed by atoms with Crippen molar-refractivity contribution < 1.29 is 4.79 Å². The lowest BCUT2D eigenvalue weighted by Gasteiger charge is -2.25. The maximum absolute atomic E-state index is 12.8. The molecular weight excluding hydrogens is 396 g/mol. The first kappa shape index (κ1) is 19.4. The van der Waals surface area contributed by atoms with Crippen molar-refractivity contribution in [1.82, 2.24) is 19.7 Å². The van der Waals surface area contributed by atoms with Crippen molar-refractivity contribution in [1.29, 1.82) is 0 Å². The maximum atomic E-state index is 12.8. The zero-order chi connectivity index (χ0) is 20.5. The highest BCUT2D eigenvalue weighted by molar-refractivity contribution is 7.13. The Bertz CT molecular complexity index is 1040. The summed E-state index contributed by atoms with van der Waals surface area (Å²) in [5.74, 6) is 0.946. The first-order chi connectivity index (χ1) is 14.7. The molecule has 0 aromatic carbocycles. The lowest BCUT2D eigenvalue weighted by atomic mass is 10.1. The van der Waals surface area contributed by atoms with Crippen molar-refractivity contribution in [2.75, 3.05) is 36.0 Å². The second-order valence-electron chi connectivity index (χ2n) is 8.18. The van der Waals surface area contributed by atoms with Crippen LogP contribution in [0.4, 0.5) is 10.9 Å². The molecule has 1 atom stereocenters. The third kappa shape index (κ3) is 3.76. The average molecular weight is 425 g/mol.